The maximum Gasteiger partial charge on any atom is 0.271 e. The van der Waals surface area contributed by atoms with Gasteiger partial charge >= 0.3 is 0 Å². The molecule has 0 saturated heterocycles. The minimum Gasteiger partial charge on any atom is -0.323 e. The lowest BCUT2D eigenvalue weighted by Crippen LogP contribution is -2.36. The molecule has 1 rings (SSSR count). The van der Waals surface area contributed by atoms with Crippen LogP contribution in [0.5, 0.6) is 0 Å². The molecule has 1 aromatic rings. The van der Waals surface area contributed by atoms with E-state index in [9.17, 15) is 18.5 Å². The second-order valence-electron chi connectivity index (χ2n) is 3.57. The van der Waals surface area contributed by atoms with E-state index >= 15 is 0 Å². The molecule has 18 heavy (non-hydrogen) atoms. The van der Waals surface area contributed by atoms with E-state index in [0.717, 1.165) is 18.2 Å². The zero-order valence-corrected chi connectivity index (χ0v) is 10.6. The standard InChI is InChI=1S/C8H13N5O4S/c1-12(2)11-18(16,17)8-4-3-6(13(14)15)5-7(8)10-9/h3-5,10-11H,9H2,1-2H3. The van der Waals surface area contributed by atoms with Gasteiger partial charge in [-0.1, -0.05) is 0 Å². The SMILES string of the molecule is CN(C)NS(=O)(=O)c1ccc([N+](=O)[O-])cc1NN. The number of rotatable bonds is 5. The molecule has 0 heterocycles. The van der Waals surface area contributed by atoms with Crippen LogP contribution < -0.4 is 16.1 Å². The van der Waals surface area contributed by atoms with Crippen molar-refractivity contribution < 1.29 is 13.3 Å². The van der Waals surface area contributed by atoms with Crippen molar-refractivity contribution in [2.45, 2.75) is 4.90 Å². The molecule has 0 aliphatic carbocycles. The van der Waals surface area contributed by atoms with Gasteiger partial charge in [-0.25, -0.2) is 13.4 Å². The van der Waals surface area contributed by atoms with Crippen LogP contribution in [0.1, 0.15) is 0 Å². The van der Waals surface area contributed by atoms with Gasteiger partial charge < -0.3 is 5.43 Å². The van der Waals surface area contributed by atoms with Crippen molar-refractivity contribution in [3.8, 4) is 0 Å². The number of anilines is 1. The maximum absolute atomic E-state index is 11.9. The Hall–Kier alpha value is -1.75. The lowest BCUT2D eigenvalue weighted by atomic mass is 10.3. The smallest absolute Gasteiger partial charge is 0.271 e. The van der Waals surface area contributed by atoms with E-state index in [-0.39, 0.29) is 16.3 Å². The van der Waals surface area contributed by atoms with Crippen molar-refractivity contribution in [1.29, 1.82) is 0 Å². The Bertz CT molecular complexity index is 557. The van der Waals surface area contributed by atoms with E-state index < -0.39 is 14.9 Å². The third-order valence-corrected chi connectivity index (χ3v) is 3.46. The molecule has 0 unspecified atom stereocenters. The van der Waals surface area contributed by atoms with Gasteiger partial charge in [0.05, 0.1) is 10.6 Å². The number of nitrogens with one attached hydrogen (secondary N) is 2. The Kier molecular flexibility index (Phi) is 4.19. The minimum absolute atomic E-state index is 0.0569. The quantitative estimate of drug-likeness (QED) is 0.380. The lowest BCUT2D eigenvalue weighted by molar-refractivity contribution is -0.384. The number of hydrazine groups is 2. The van der Waals surface area contributed by atoms with E-state index in [4.69, 9.17) is 5.84 Å². The molecule has 0 atom stereocenters. The summed E-state index contributed by atoms with van der Waals surface area (Å²) in [5.41, 5.74) is 1.81. The van der Waals surface area contributed by atoms with Crippen molar-refractivity contribution in [3.63, 3.8) is 0 Å². The molecular weight excluding hydrogens is 262 g/mol. The lowest BCUT2D eigenvalue weighted by Gasteiger charge is -2.14. The summed E-state index contributed by atoms with van der Waals surface area (Å²) in [4.78, 5) is 12.0. The molecule has 0 fully saturated rings. The second kappa shape index (κ2) is 5.27. The molecule has 100 valence electrons. The fourth-order valence-electron chi connectivity index (χ4n) is 1.27. The van der Waals surface area contributed by atoms with Crippen LogP contribution in [0.15, 0.2) is 23.1 Å². The van der Waals surface area contributed by atoms with Gasteiger partial charge in [-0.3, -0.25) is 16.0 Å². The average Bonchev–Trinajstić information content (AvgIpc) is 2.26. The molecule has 0 spiro atoms. The summed E-state index contributed by atoms with van der Waals surface area (Å²) in [7, 11) is -0.837. The highest BCUT2D eigenvalue weighted by atomic mass is 32.2. The van der Waals surface area contributed by atoms with E-state index in [1.54, 1.807) is 0 Å². The molecular formula is C8H13N5O4S. The normalized spacial score (nSPS) is 11.6. The monoisotopic (exact) mass is 275 g/mol. The van der Waals surface area contributed by atoms with Crippen LogP contribution in [0.3, 0.4) is 0 Å². The Labute approximate surface area is 104 Å². The van der Waals surface area contributed by atoms with E-state index in [1.165, 1.54) is 19.1 Å². The molecule has 0 radical (unpaired) electrons. The summed E-state index contributed by atoms with van der Waals surface area (Å²) < 4.78 is 23.8. The van der Waals surface area contributed by atoms with Crippen LogP contribution in [-0.2, 0) is 10.0 Å². The molecule has 0 aliphatic heterocycles. The van der Waals surface area contributed by atoms with Crippen molar-refractivity contribution >= 4 is 21.4 Å². The first-order valence-electron chi connectivity index (χ1n) is 4.73. The third-order valence-electron chi connectivity index (χ3n) is 1.92. The van der Waals surface area contributed by atoms with Gasteiger partial charge in [0.1, 0.15) is 4.90 Å². The van der Waals surface area contributed by atoms with Crippen LogP contribution in [0, 0.1) is 10.1 Å². The largest absolute Gasteiger partial charge is 0.323 e. The number of nitro groups is 1. The molecule has 0 aromatic heterocycles. The average molecular weight is 275 g/mol. The first-order valence-corrected chi connectivity index (χ1v) is 6.21. The predicted octanol–water partition coefficient (Wildman–Crippen LogP) is -0.365. The maximum atomic E-state index is 11.9. The topological polar surface area (TPSA) is 131 Å². The Morgan fingerprint density at radius 2 is 2.00 bits per heavy atom. The summed E-state index contributed by atoms with van der Waals surface area (Å²) in [5.74, 6) is 5.17. The molecule has 0 amide bonds. The summed E-state index contributed by atoms with van der Waals surface area (Å²) >= 11 is 0. The fraction of sp³-hybridized carbons (Fsp3) is 0.250. The van der Waals surface area contributed by atoms with E-state index in [1.807, 2.05) is 0 Å². The van der Waals surface area contributed by atoms with Gasteiger partial charge in [-0.15, -0.1) is 4.83 Å². The number of hydrogen-bond donors (Lipinski definition) is 3. The number of nitrogens with zero attached hydrogens (tertiary/aromatic N) is 2. The molecule has 1 aromatic carbocycles. The molecule has 0 aliphatic rings. The van der Waals surface area contributed by atoms with Crippen LogP contribution in [0.25, 0.3) is 0 Å². The highest BCUT2D eigenvalue weighted by molar-refractivity contribution is 7.89. The molecule has 0 bridgehead atoms. The number of benzene rings is 1. The molecule has 4 N–H and O–H groups in total. The Morgan fingerprint density at radius 3 is 2.44 bits per heavy atom. The second-order valence-corrected chi connectivity index (χ2v) is 5.20. The van der Waals surface area contributed by atoms with Crippen LogP contribution in [0.2, 0.25) is 0 Å². The highest BCUT2D eigenvalue weighted by Gasteiger charge is 2.21. The van der Waals surface area contributed by atoms with Gasteiger partial charge in [-0.2, -0.15) is 0 Å². The summed E-state index contributed by atoms with van der Waals surface area (Å²) in [6.45, 7) is 0. The number of nitrogens with two attached hydrogens (primary N) is 1. The number of non-ortho nitro benzene ring substituents is 1. The van der Waals surface area contributed by atoms with Crippen LogP contribution in [0.4, 0.5) is 11.4 Å². The van der Waals surface area contributed by atoms with Crippen molar-refractivity contribution in [1.82, 2.24) is 9.84 Å². The van der Waals surface area contributed by atoms with Gasteiger partial charge in [-0.05, 0) is 6.07 Å². The van der Waals surface area contributed by atoms with Gasteiger partial charge in [0, 0.05) is 26.2 Å². The first-order chi connectivity index (χ1) is 8.27. The summed E-state index contributed by atoms with van der Waals surface area (Å²) in [5, 5.41) is 11.8. The minimum atomic E-state index is -3.83. The van der Waals surface area contributed by atoms with E-state index in [2.05, 4.69) is 10.3 Å². The fourth-order valence-corrected chi connectivity index (χ4v) is 2.50. The molecule has 0 saturated carbocycles. The third kappa shape index (κ3) is 3.13. The van der Waals surface area contributed by atoms with E-state index in [0.29, 0.717) is 0 Å². The van der Waals surface area contributed by atoms with Crippen LogP contribution in [-0.4, -0.2) is 32.4 Å². The molecule has 10 heteroatoms. The summed E-state index contributed by atoms with van der Waals surface area (Å²) in [6, 6.07) is 3.24. The van der Waals surface area contributed by atoms with Gasteiger partial charge in [0.25, 0.3) is 15.7 Å². The highest BCUT2D eigenvalue weighted by Crippen LogP contribution is 2.25. The predicted molar refractivity (Wildman–Crippen MR) is 64.9 cm³/mol. The summed E-state index contributed by atoms with van der Waals surface area (Å²) in [6.07, 6.45) is 0. The number of nitro benzene ring substituents is 1. The zero-order chi connectivity index (χ0) is 13.9. The Morgan fingerprint density at radius 1 is 1.39 bits per heavy atom. The number of nitrogen functional groups attached to an aromatic ring is 1. The number of sulfonamides is 1. The van der Waals surface area contributed by atoms with Crippen molar-refractivity contribution in [2.24, 2.45) is 5.84 Å². The Balaban J connectivity index is 3.29. The number of hydrogen-bond acceptors (Lipinski definition) is 7. The zero-order valence-electron chi connectivity index (χ0n) is 9.75. The first kappa shape index (κ1) is 14.3. The van der Waals surface area contributed by atoms with Crippen molar-refractivity contribution in [2.75, 3.05) is 19.5 Å². The van der Waals surface area contributed by atoms with Gasteiger partial charge in [0.15, 0.2) is 0 Å². The van der Waals surface area contributed by atoms with Gasteiger partial charge in [0.2, 0.25) is 0 Å². The van der Waals surface area contributed by atoms with Crippen molar-refractivity contribution in [3.05, 3.63) is 28.3 Å². The van der Waals surface area contributed by atoms with Crippen LogP contribution >= 0.6 is 0 Å². The molecule has 9 nitrogen and oxygen atoms in total.